The molecular formula is C10H15N3O2S. The lowest BCUT2D eigenvalue weighted by molar-refractivity contribution is 0.0606. The summed E-state index contributed by atoms with van der Waals surface area (Å²) in [7, 11) is 1.39. The summed E-state index contributed by atoms with van der Waals surface area (Å²) >= 11 is 1.41. The molecule has 88 valence electrons. The molecule has 1 aromatic rings. The third kappa shape index (κ3) is 2.78. The highest BCUT2D eigenvalue weighted by Gasteiger charge is 2.14. The first-order valence-electron chi connectivity index (χ1n) is 5.25. The predicted molar refractivity (Wildman–Crippen MR) is 61.6 cm³/mol. The number of carbonyl (C=O) groups excluding carboxylic acids is 1. The molecule has 0 amide bonds. The van der Waals surface area contributed by atoms with Gasteiger partial charge in [-0.2, -0.15) is 0 Å². The topological polar surface area (TPSA) is 54.5 Å². The Labute approximate surface area is 98.4 Å². The van der Waals surface area contributed by atoms with Crippen molar-refractivity contribution in [2.75, 3.05) is 33.3 Å². The SMILES string of the molecule is COC(=O)c1cnc(CN2CCNCC2)s1. The number of esters is 1. The molecule has 0 spiro atoms. The van der Waals surface area contributed by atoms with Crippen LogP contribution in [0, 0.1) is 0 Å². The minimum Gasteiger partial charge on any atom is -0.465 e. The number of aromatic nitrogens is 1. The van der Waals surface area contributed by atoms with Gasteiger partial charge < -0.3 is 10.1 Å². The lowest BCUT2D eigenvalue weighted by Gasteiger charge is -2.25. The Balaban J connectivity index is 1.94. The largest absolute Gasteiger partial charge is 0.465 e. The zero-order valence-electron chi connectivity index (χ0n) is 9.23. The van der Waals surface area contributed by atoms with E-state index >= 15 is 0 Å². The molecule has 1 N–H and O–H groups in total. The molecule has 0 atom stereocenters. The number of thiazole rings is 1. The monoisotopic (exact) mass is 241 g/mol. The smallest absolute Gasteiger partial charge is 0.349 e. The van der Waals surface area contributed by atoms with E-state index in [4.69, 9.17) is 0 Å². The van der Waals surface area contributed by atoms with Gasteiger partial charge in [-0.1, -0.05) is 0 Å². The van der Waals surface area contributed by atoms with Gasteiger partial charge in [-0.3, -0.25) is 4.90 Å². The molecule has 6 heteroatoms. The van der Waals surface area contributed by atoms with Crippen molar-refractivity contribution in [1.82, 2.24) is 15.2 Å². The van der Waals surface area contributed by atoms with E-state index < -0.39 is 0 Å². The highest BCUT2D eigenvalue weighted by molar-refractivity contribution is 7.13. The number of nitrogens with one attached hydrogen (secondary N) is 1. The van der Waals surface area contributed by atoms with Gasteiger partial charge in [-0.15, -0.1) is 11.3 Å². The van der Waals surface area contributed by atoms with Crippen LogP contribution in [-0.4, -0.2) is 49.1 Å². The second kappa shape index (κ2) is 5.38. The van der Waals surface area contributed by atoms with Crippen LogP contribution in [0.4, 0.5) is 0 Å². The molecule has 5 nitrogen and oxygen atoms in total. The van der Waals surface area contributed by atoms with Crippen LogP contribution in [0.5, 0.6) is 0 Å². The summed E-state index contributed by atoms with van der Waals surface area (Å²) in [6, 6.07) is 0. The van der Waals surface area contributed by atoms with Crippen LogP contribution in [-0.2, 0) is 11.3 Å². The zero-order chi connectivity index (χ0) is 11.4. The van der Waals surface area contributed by atoms with E-state index in [1.807, 2.05) is 0 Å². The van der Waals surface area contributed by atoms with Crippen molar-refractivity contribution in [3.63, 3.8) is 0 Å². The summed E-state index contributed by atoms with van der Waals surface area (Å²) in [6.45, 7) is 4.94. The van der Waals surface area contributed by atoms with E-state index in [0.29, 0.717) is 4.88 Å². The van der Waals surface area contributed by atoms with E-state index in [9.17, 15) is 4.79 Å². The molecule has 0 aromatic carbocycles. The minimum atomic E-state index is -0.302. The fourth-order valence-corrected chi connectivity index (χ4v) is 2.52. The molecule has 0 unspecified atom stereocenters. The van der Waals surface area contributed by atoms with Crippen LogP contribution < -0.4 is 5.32 Å². The average molecular weight is 241 g/mol. The van der Waals surface area contributed by atoms with E-state index in [0.717, 1.165) is 37.7 Å². The number of carbonyl (C=O) groups is 1. The molecule has 2 heterocycles. The molecule has 1 aliphatic heterocycles. The molecule has 0 radical (unpaired) electrons. The summed E-state index contributed by atoms with van der Waals surface area (Å²) in [5, 5.41) is 4.27. The van der Waals surface area contributed by atoms with E-state index in [-0.39, 0.29) is 5.97 Å². The van der Waals surface area contributed by atoms with Crippen molar-refractivity contribution in [2.24, 2.45) is 0 Å². The Hall–Kier alpha value is -0.980. The molecule has 0 aliphatic carbocycles. The molecule has 2 rings (SSSR count). The van der Waals surface area contributed by atoms with Crippen molar-refractivity contribution < 1.29 is 9.53 Å². The summed E-state index contributed by atoms with van der Waals surface area (Å²) in [5.41, 5.74) is 0. The van der Waals surface area contributed by atoms with Gasteiger partial charge in [-0.25, -0.2) is 9.78 Å². The number of piperazine rings is 1. The summed E-state index contributed by atoms with van der Waals surface area (Å²) in [4.78, 5) is 18.4. The average Bonchev–Trinajstić information content (AvgIpc) is 2.78. The van der Waals surface area contributed by atoms with Gasteiger partial charge in [0.1, 0.15) is 9.88 Å². The molecule has 0 saturated carbocycles. The Morgan fingerprint density at radius 3 is 3.06 bits per heavy atom. The maximum atomic E-state index is 11.2. The van der Waals surface area contributed by atoms with Gasteiger partial charge in [0.15, 0.2) is 0 Å². The lowest BCUT2D eigenvalue weighted by Crippen LogP contribution is -2.42. The number of methoxy groups -OCH3 is 1. The standard InChI is InChI=1S/C10H15N3O2S/c1-15-10(14)8-6-12-9(16-8)7-13-4-2-11-3-5-13/h6,11H,2-5,7H2,1H3. The second-order valence-corrected chi connectivity index (χ2v) is 4.75. The Morgan fingerprint density at radius 2 is 2.38 bits per heavy atom. The van der Waals surface area contributed by atoms with Crippen LogP contribution in [0.3, 0.4) is 0 Å². The molecular weight excluding hydrogens is 226 g/mol. The maximum Gasteiger partial charge on any atom is 0.349 e. The van der Waals surface area contributed by atoms with Crippen LogP contribution in [0.15, 0.2) is 6.20 Å². The summed E-state index contributed by atoms with van der Waals surface area (Å²) in [6.07, 6.45) is 1.59. The first kappa shape index (κ1) is 11.5. The summed E-state index contributed by atoms with van der Waals surface area (Å²) < 4.78 is 4.65. The van der Waals surface area contributed by atoms with Crippen LogP contribution in [0.2, 0.25) is 0 Å². The Bertz CT molecular complexity index is 361. The van der Waals surface area contributed by atoms with E-state index in [2.05, 4.69) is 19.9 Å². The molecule has 16 heavy (non-hydrogen) atoms. The van der Waals surface area contributed by atoms with Gasteiger partial charge in [0.25, 0.3) is 0 Å². The fraction of sp³-hybridized carbons (Fsp3) is 0.600. The van der Waals surface area contributed by atoms with Crippen LogP contribution in [0.25, 0.3) is 0 Å². The molecule has 0 bridgehead atoms. The lowest BCUT2D eigenvalue weighted by atomic mass is 10.3. The highest BCUT2D eigenvalue weighted by atomic mass is 32.1. The first-order valence-corrected chi connectivity index (χ1v) is 6.07. The predicted octanol–water partition coefficient (Wildman–Crippen LogP) is 0.335. The van der Waals surface area contributed by atoms with Crippen molar-refractivity contribution in [1.29, 1.82) is 0 Å². The maximum absolute atomic E-state index is 11.2. The van der Waals surface area contributed by atoms with Crippen molar-refractivity contribution in [3.8, 4) is 0 Å². The zero-order valence-corrected chi connectivity index (χ0v) is 10.0. The van der Waals surface area contributed by atoms with E-state index in [1.54, 1.807) is 6.20 Å². The molecule has 1 fully saturated rings. The van der Waals surface area contributed by atoms with E-state index in [1.165, 1.54) is 18.4 Å². The second-order valence-electron chi connectivity index (χ2n) is 3.64. The highest BCUT2D eigenvalue weighted by Crippen LogP contribution is 2.15. The van der Waals surface area contributed by atoms with Crippen molar-refractivity contribution in [2.45, 2.75) is 6.54 Å². The molecule has 1 aliphatic rings. The van der Waals surface area contributed by atoms with Crippen LogP contribution >= 0.6 is 11.3 Å². The number of hydrogen-bond donors (Lipinski definition) is 1. The van der Waals surface area contributed by atoms with Crippen molar-refractivity contribution in [3.05, 3.63) is 16.1 Å². The number of ether oxygens (including phenoxy) is 1. The molecule has 1 saturated heterocycles. The van der Waals surface area contributed by atoms with Gasteiger partial charge in [-0.05, 0) is 0 Å². The third-order valence-corrected chi connectivity index (χ3v) is 3.47. The minimum absolute atomic E-state index is 0.302. The third-order valence-electron chi connectivity index (χ3n) is 2.51. The summed E-state index contributed by atoms with van der Waals surface area (Å²) in [5.74, 6) is -0.302. The Kier molecular flexibility index (Phi) is 3.87. The fourth-order valence-electron chi connectivity index (χ4n) is 1.64. The number of hydrogen-bond acceptors (Lipinski definition) is 6. The quantitative estimate of drug-likeness (QED) is 0.773. The van der Waals surface area contributed by atoms with Gasteiger partial charge in [0, 0.05) is 26.2 Å². The van der Waals surface area contributed by atoms with Crippen LogP contribution in [0.1, 0.15) is 14.7 Å². The van der Waals surface area contributed by atoms with Gasteiger partial charge in [0.05, 0.1) is 19.9 Å². The van der Waals surface area contributed by atoms with Gasteiger partial charge >= 0.3 is 5.97 Å². The number of rotatable bonds is 3. The Morgan fingerprint density at radius 1 is 1.62 bits per heavy atom. The van der Waals surface area contributed by atoms with Crippen molar-refractivity contribution >= 4 is 17.3 Å². The number of nitrogens with zero attached hydrogens (tertiary/aromatic N) is 2. The van der Waals surface area contributed by atoms with Gasteiger partial charge in [0.2, 0.25) is 0 Å². The first-order chi connectivity index (χ1) is 7.79. The normalized spacial score (nSPS) is 17.3. The molecule has 1 aromatic heterocycles.